The molecule has 3 heterocycles. The van der Waals surface area contributed by atoms with Gasteiger partial charge >= 0.3 is 22.8 Å². The number of aromatic nitrogens is 3. The van der Waals surface area contributed by atoms with Crippen molar-refractivity contribution in [1.82, 2.24) is 14.5 Å². The molecule has 218 valence electrons. The van der Waals surface area contributed by atoms with E-state index in [-0.39, 0.29) is 47.5 Å². The van der Waals surface area contributed by atoms with Crippen LogP contribution in [0, 0.1) is 5.92 Å². The molecular weight excluding hydrogens is 558 g/mol. The van der Waals surface area contributed by atoms with Crippen LogP contribution in [0.4, 0.5) is 5.95 Å². The molecule has 2 aromatic rings. The summed E-state index contributed by atoms with van der Waals surface area (Å²) >= 11 is 0.597. The topological polar surface area (TPSA) is 208 Å². The first-order valence-corrected chi connectivity index (χ1v) is 13.2. The highest BCUT2D eigenvalue weighted by molar-refractivity contribution is 7.16. The second-order valence-corrected chi connectivity index (χ2v) is 10.2. The van der Waals surface area contributed by atoms with Crippen molar-refractivity contribution in [2.75, 3.05) is 12.3 Å². The summed E-state index contributed by atoms with van der Waals surface area (Å²) in [6.07, 6.45) is -4.00. The Labute approximate surface area is 233 Å². The van der Waals surface area contributed by atoms with Crippen molar-refractivity contribution in [2.45, 2.75) is 84.0 Å². The molecule has 39 heavy (non-hydrogen) atoms. The Hall–Kier alpha value is -3.01. The zero-order valence-corrected chi connectivity index (χ0v) is 23.7. The van der Waals surface area contributed by atoms with Gasteiger partial charge in [0.05, 0.1) is 0 Å². The second-order valence-electron chi connectivity index (χ2n) is 9.22. The SMILES string of the molecule is CCCC(=O)O[C@@H]1[C@H](OC(=O)CCC)[C@@H](COC(=O)[C@@H](N)C(C)C)O[C@H]1n1c(=O)sc2c(=O)[nH]c(N)nc21.Cl. The van der Waals surface area contributed by atoms with Crippen LogP contribution in [0.5, 0.6) is 0 Å². The maximum atomic E-state index is 13.0. The number of anilines is 1. The summed E-state index contributed by atoms with van der Waals surface area (Å²) in [5.74, 6) is -2.38. The molecule has 0 aliphatic carbocycles. The van der Waals surface area contributed by atoms with Crippen molar-refractivity contribution in [1.29, 1.82) is 0 Å². The zero-order valence-electron chi connectivity index (χ0n) is 22.0. The van der Waals surface area contributed by atoms with E-state index in [0.717, 1.165) is 4.57 Å². The van der Waals surface area contributed by atoms with E-state index in [9.17, 15) is 24.0 Å². The number of hydrogen-bond acceptors (Lipinski definition) is 13. The minimum absolute atomic E-state index is 0. The normalized spacial score (nSPS) is 21.4. The van der Waals surface area contributed by atoms with Crippen LogP contribution in [0.25, 0.3) is 10.3 Å². The van der Waals surface area contributed by atoms with Crippen molar-refractivity contribution >= 4 is 57.9 Å². The molecule has 1 fully saturated rings. The third-order valence-electron chi connectivity index (χ3n) is 5.86. The van der Waals surface area contributed by atoms with Crippen molar-refractivity contribution in [3.8, 4) is 0 Å². The first kappa shape index (κ1) is 32.2. The number of halogens is 1. The number of nitrogens with zero attached hydrogens (tertiary/aromatic N) is 2. The quantitative estimate of drug-likeness (QED) is 0.247. The molecule has 1 aliphatic rings. The number of H-pyrrole nitrogens is 1. The van der Waals surface area contributed by atoms with Crippen molar-refractivity contribution in [3.05, 3.63) is 20.0 Å². The van der Waals surface area contributed by atoms with Gasteiger partial charge in [-0.15, -0.1) is 12.4 Å². The van der Waals surface area contributed by atoms with Crippen LogP contribution < -0.4 is 21.9 Å². The molecule has 0 unspecified atom stereocenters. The van der Waals surface area contributed by atoms with E-state index >= 15 is 0 Å². The standard InChI is InChI=1S/C23H33N5O9S.ClH/c1-5-7-12(29)36-15-11(9-34-21(32)14(24)10(3)4)35-20(16(15)37-13(30)8-6-2)28-18-17(38-23(28)33)19(31)27-22(25)26-18;/h10-11,14-16,20H,5-9,24H2,1-4H3,(H3,25,26,27,31);1H/t11-,14+,15-,16-,20-;/m1./s1. The Kier molecular flexibility index (Phi) is 11.5. The molecule has 0 spiro atoms. The lowest BCUT2D eigenvalue weighted by Gasteiger charge is -2.25. The van der Waals surface area contributed by atoms with Gasteiger partial charge in [0.2, 0.25) is 5.95 Å². The number of aromatic amines is 1. The van der Waals surface area contributed by atoms with Gasteiger partial charge in [-0.1, -0.05) is 39.0 Å². The number of thiazole rings is 1. The summed E-state index contributed by atoms with van der Waals surface area (Å²) in [5, 5.41) is 0. The lowest BCUT2D eigenvalue weighted by atomic mass is 10.1. The van der Waals surface area contributed by atoms with Crippen LogP contribution in [0.2, 0.25) is 0 Å². The number of hydrogen-bond donors (Lipinski definition) is 3. The van der Waals surface area contributed by atoms with Gasteiger partial charge < -0.3 is 30.4 Å². The fraction of sp³-hybridized carbons (Fsp3) is 0.652. The van der Waals surface area contributed by atoms with Gasteiger partial charge in [-0.3, -0.25) is 33.5 Å². The molecule has 1 aliphatic heterocycles. The van der Waals surface area contributed by atoms with Gasteiger partial charge in [0.1, 0.15) is 23.5 Å². The average Bonchev–Trinajstić information content (AvgIpc) is 3.33. The van der Waals surface area contributed by atoms with Gasteiger partial charge in [-0.05, 0) is 18.8 Å². The molecule has 1 saturated heterocycles. The minimum atomic E-state index is -1.37. The molecule has 5 atom stereocenters. The van der Waals surface area contributed by atoms with Crippen LogP contribution in [-0.2, 0) is 33.3 Å². The van der Waals surface area contributed by atoms with Crippen LogP contribution >= 0.6 is 23.7 Å². The molecular formula is C23H34ClN5O9S. The fourth-order valence-electron chi connectivity index (χ4n) is 3.85. The van der Waals surface area contributed by atoms with Gasteiger partial charge in [0.25, 0.3) is 5.56 Å². The highest BCUT2D eigenvalue weighted by Gasteiger charge is 2.52. The molecule has 3 rings (SSSR count). The molecule has 0 radical (unpaired) electrons. The summed E-state index contributed by atoms with van der Waals surface area (Å²) < 4.78 is 23.7. The van der Waals surface area contributed by atoms with E-state index in [1.807, 2.05) is 0 Å². The summed E-state index contributed by atoms with van der Waals surface area (Å²) in [5.41, 5.74) is 10.8. The van der Waals surface area contributed by atoms with E-state index in [2.05, 4.69) is 9.97 Å². The number of carbonyl (C=O) groups is 3. The largest absolute Gasteiger partial charge is 0.462 e. The van der Waals surface area contributed by atoms with Gasteiger partial charge in [-0.25, -0.2) is 0 Å². The lowest BCUT2D eigenvalue weighted by Crippen LogP contribution is -2.43. The van der Waals surface area contributed by atoms with Crippen LogP contribution in [0.3, 0.4) is 0 Å². The Morgan fingerprint density at radius 1 is 1.10 bits per heavy atom. The number of nitrogen functional groups attached to an aromatic ring is 1. The first-order valence-electron chi connectivity index (χ1n) is 12.4. The predicted octanol–water partition coefficient (Wildman–Crippen LogP) is 0.998. The van der Waals surface area contributed by atoms with Crippen LogP contribution in [0.1, 0.15) is 59.6 Å². The molecule has 0 amide bonds. The average molecular weight is 592 g/mol. The highest BCUT2D eigenvalue weighted by Crippen LogP contribution is 2.36. The number of nitrogens with one attached hydrogen (secondary N) is 1. The summed E-state index contributed by atoms with van der Waals surface area (Å²) in [7, 11) is 0. The van der Waals surface area contributed by atoms with E-state index < -0.39 is 65.5 Å². The number of fused-ring (bicyclic) bond motifs is 1. The van der Waals surface area contributed by atoms with Gasteiger partial charge in [0, 0.05) is 12.8 Å². The Morgan fingerprint density at radius 2 is 1.69 bits per heavy atom. The van der Waals surface area contributed by atoms with Crippen molar-refractivity contribution in [3.63, 3.8) is 0 Å². The second kappa shape index (κ2) is 13.9. The summed E-state index contributed by atoms with van der Waals surface area (Å²) in [4.78, 5) is 68.7. The third kappa shape index (κ3) is 7.35. The molecule has 0 saturated carbocycles. The van der Waals surface area contributed by atoms with Crippen LogP contribution in [-0.4, -0.2) is 63.4 Å². The number of esters is 3. The van der Waals surface area contributed by atoms with Crippen LogP contribution in [0.15, 0.2) is 9.59 Å². The Morgan fingerprint density at radius 3 is 2.26 bits per heavy atom. The Balaban J connectivity index is 0.00000533. The maximum Gasteiger partial charge on any atom is 0.323 e. The first-order chi connectivity index (χ1) is 18.0. The summed E-state index contributed by atoms with van der Waals surface area (Å²) in [6, 6.07) is -0.909. The number of rotatable bonds is 11. The van der Waals surface area contributed by atoms with Crippen molar-refractivity contribution < 1.29 is 33.3 Å². The lowest BCUT2D eigenvalue weighted by molar-refractivity contribution is -0.169. The van der Waals surface area contributed by atoms with E-state index in [1.54, 1.807) is 27.7 Å². The smallest absolute Gasteiger partial charge is 0.323 e. The zero-order chi connectivity index (χ0) is 28.1. The van der Waals surface area contributed by atoms with Crippen molar-refractivity contribution in [2.24, 2.45) is 11.7 Å². The molecule has 5 N–H and O–H groups in total. The molecule has 14 nitrogen and oxygen atoms in total. The third-order valence-corrected chi connectivity index (χ3v) is 6.80. The minimum Gasteiger partial charge on any atom is -0.462 e. The van der Waals surface area contributed by atoms with Gasteiger partial charge in [-0.2, -0.15) is 4.98 Å². The molecule has 2 aromatic heterocycles. The van der Waals surface area contributed by atoms with E-state index in [4.69, 9.17) is 30.4 Å². The monoisotopic (exact) mass is 591 g/mol. The number of carbonyl (C=O) groups excluding carboxylic acids is 3. The summed E-state index contributed by atoms with van der Waals surface area (Å²) in [6.45, 7) is 6.65. The number of nitrogens with two attached hydrogens (primary N) is 2. The van der Waals surface area contributed by atoms with E-state index in [0.29, 0.717) is 24.2 Å². The van der Waals surface area contributed by atoms with Gasteiger partial charge in [0.15, 0.2) is 24.1 Å². The number of ether oxygens (including phenoxy) is 4. The maximum absolute atomic E-state index is 13.0. The molecule has 0 aromatic carbocycles. The van der Waals surface area contributed by atoms with E-state index in [1.165, 1.54) is 0 Å². The highest BCUT2D eigenvalue weighted by atomic mass is 35.5. The predicted molar refractivity (Wildman–Crippen MR) is 143 cm³/mol. The Bertz CT molecular complexity index is 1290. The fourth-order valence-corrected chi connectivity index (χ4v) is 4.69. The molecule has 16 heteroatoms. The molecule has 0 bridgehead atoms.